The van der Waals surface area contributed by atoms with E-state index in [1.807, 2.05) is 0 Å². The molecule has 0 heterocycles. The van der Waals surface area contributed by atoms with E-state index in [2.05, 4.69) is 241 Å². The monoisotopic (exact) mass is 976 g/mol. The number of hydrogen-bond donors (Lipinski definition) is 0. The molecule has 338 valence electrons. The fraction of sp³-hybridized carbons (Fsp3) is 0.212. The summed E-state index contributed by atoms with van der Waals surface area (Å²) < 4.78 is 6.25. The molecular weight excluding hydrogens is 912 g/mol. The van der Waals surface area contributed by atoms with Gasteiger partial charge in [0.2, 0.25) is 0 Å². The van der Waals surface area contributed by atoms with E-state index in [4.69, 9.17) is 0 Å². The van der Waals surface area contributed by atoms with Crippen LogP contribution in [0.4, 0.5) is 0 Å². The fourth-order valence-electron chi connectivity index (χ4n) is 12.9. The second kappa shape index (κ2) is 17.7. The van der Waals surface area contributed by atoms with Gasteiger partial charge in [-0.3, -0.25) is 0 Å². The van der Waals surface area contributed by atoms with E-state index in [1.54, 1.807) is 22.3 Å². The number of hydrogen-bond acceptors (Lipinski definition) is 0. The molecule has 8 aromatic rings. The molecule has 2 aliphatic rings. The van der Waals surface area contributed by atoms with E-state index in [0.29, 0.717) is 0 Å². The molecule has 2 heteroatoms. The van der Waals surface area contributed by atoms with Gasteiger partial charge in [-0.05, 0) is 0 Å². The first kappa shape index (κ1) is 46.1. The number of benzene rings is 8. The van der Waals surface area contributed by atoms with Crippen LogP contribution in [0.1, 0.15) is 85.1 Å². The second-order valence-corrected chi connectivity index (χ2v) is 52.5. The van der Waals surface area contributed by atoms with Crippen LogP contribution in [0.15, 0.2) is 169 Å². The summed E-state index contributed by atoms with van der Waals surface area (Å²) in [6, 6.07) is 61.2. The molecule has 2 atom stereocenters. The molecule has 10 rings (SSSR count). The van der Waals surface area contributed by atoms with Gasteiger partial charge in [0.15, 0.2) is 0 Å². The van der Waals surface area contributed by atoms with E-state index in [-0.39, 0.29) is 7.25 Å². The Morgan fingerprint density at radius 3 is 0.912 bits per heavy atom. The van der Waals surface area contributed by atoms with Crippen LogP contribution in [0, 0.1) is 55.4 Å². The summed E-state index contributed by atoms with van der Waals surface area (Å²) in [5.41, 5.74) is 33.1. The van der Waals surface area contributed by atoms with Crippen LogP contribution in [0.25, 0.3) is 56.7 Å². The summed E-state index contributed by atoms with van der Waals surface area (Å²) in [6.45, 7) is 20.6. The van der Waals surface area contributed by atoms with Gasteiger partial charge in [0.1, 0.15) is 0 Å². The molecule has 0 saturated carbocycles. The summed E-state index contributed by atoms with van der Waals surface area (Å²) in [4.78, 5) is 0. The maximum atomic E-state index is 2.86. The van der Waals surface area contributed by atoms with Crippen molar-refractivity contribution in [2.24, 2.45) is 0 Å². The molecule has 0 radical (unpaired) electrons. The third-order valence-electron chi connectivity index (χ3n) is 15.1. The molecule has 2 aliphatic carbocycles. The van der Waals surface area contributed by atoms with Crippen LogP contribution in [-0.4, -0.2) is 6.88 Å². The van der Waals surface area contributed by atoms with Gasteiger partial charge in [-0.1, -0.05) is 0 Å². The Labute approximate surface area is 409 Å². The van der Waals surface area contributed by atoms with Crippen molar-refractivity contribution < 1.29 is 17.4 Å². The van der Waals surface area contributed by atoms with Gasteiger partial charge in [-0.15, -0.1) is 0 Å². The fourth-order valence-corrected chi connectivity index (χ4v) is 32.4. The Kier molecular flexibility index (Phi) is 12.0. The molecule has 0 fully saturated rings. The summed E-state index contributed by atoms with van der Waals surface area (Å²) in [7, 11) is 0. The van der Waals surface area contributed by atoms with E-state index >= 15 is 0 Å². The summed E-state index contributed by atoms with van der Waals surface area (Å²) in [5, 5.41) is 0. The zero-order valence-electron chi connectivity index (χ0n) is 41.9. The summed E-state index contributed by atoms with van der Waals surface area (Å²) >= 11 is -4.48. The molecule has 0 saturated heterocycles. The molecular formula is C66H66SiZr. The summed E-state index contributed by atoms with van der Waals surface area (Å²) in [5.74, 6) is 0. The van der Waals surface area contributed by atoms with E-state index in [1.165, 1.54) is 111 Å². The molecule has 0 spiro atoms. The van der Waals surface area contributed by atoms with Crippen molar-refractivity contribution in [3.63, 3.8) is 0 Å². The molecule has 8 aromatic carbocycles. The predicted octanol–water partition coefficient (Wildman–Crippen LogP) is 17.2. The SMILES string of the molecule is Cc1cc(C)cc(-c2ccc(-c3cc(C)cc(C)c3)c3c2C=C(Cc2ccccc2)[CH]3[Zr]([CH3])([CH3])(=[SiH2])[CH]2C(Cc3ccccc3)=Cc3c(-c4cc(C)cc(C)c4)ccc(-c4cc(C)cc(C)c4)c32)c1. The molecule has 0 bridgehead atoms. The van der Waals surface area contributed by atoms with Gasteiger partial charge in [-0.2, -0.15) is 0 Å². The van der Waals surface area contributed by atoms with E-state index in [0.717, 1.165) is 12.8 Å². The van der Waals surface area contributed by atoms with Crippen molar-refractivity contribution in [2.75, 3.05) is 0 Å². The standard InChI is InChI=1S/2C32H29.2CH3.H2Si.Zr/c2*1-21-12-22(2)15-27(14-21)29-10-11-30(28-16-23(3)13-24(4)17-28)32-20-26(19-31(29)32)18-25-8-6-5-7-9-25;;;;/h2*5-17,19-20H,18H2,1-4H3;2*1H3;1H2;. The van der Waals surface area contributed by atoms with Crippen molar-refractivity contribution in [1.29, 1.82) is 0 Å². The van der Waals surface area contributed by atoms with Crippen molar-refractivity contribution in [3.8, 4) is 44.5 Å². The zero-order valence-corrected chi connectivity index (χ0v) is 45.8. The Morgan fingerprint density at radius 2 is 0.618 bits per heavy atom. The van der Waals surface area contributed by atoms with Crippen LogP contribution in [0.2, 0.25) is 9.26 Å². The quantitative estimate of drug-likeness (QED) is 0.120. The van der Waals surface area contributed by atoms with Gasteiger partial charge >= 0.3 is 412 Å². The maximum absolute atomic E-state index is 4.48. The normalized spacial score (nSPS) is 15.5. The van der Waals surface area contributed by atoms with Crippen LogP contribution < -0.4 is 0 Å². The van der Waals surface area contributed by atoms with Crippen LogP contribution in [0.5, 0.6) is 0 Å². The molecule has 0 amide bonds. The van der Waals surface area contributed by atoms with Crippen LogP contribution in [-0.2, 0) is 30.2 Å². The third-order valence-corrected chi connectivity index (χ3v) is 32.5. The first-order valence-electron chi connectivity index (χ1n) is 24.7. The van der Waals surface area contributed by atoms with Gasteiger partial charge < -0.3 is 0 Å². The van der Waals surface area contributed by atoms with Crippen LogP contribution >= 0.6 is 0 Å². The summed E-state index contributed by atoms with van der Waals surface area (Å²) in [6.07, 6.45) is 7.22. The van der Waals surface area contributed by atoms with E-state index < -0.39 is 17.4 Å². The van der Waals surface area contributed by atoms with Gasteiger partial charge in [0, 0.05) is 0 Å². The zero-order chi connectivity index (χ0) is 47.7. The first-order valence-corrected chi connectivity index (χ1v) is 38.4. The average Bonchev–Trinajstić information content (AvgIpc) is 3.85. The molecule has 0 aliphatic heterocycles. The van der Waals surface area contributed by atoms with Crippen molar-refractivity contribution in [1.82, 2.24) is 0 Å². The van der Waals surface area contributed by atoms with Crippen LogP contribution in [0.3, 0.4) is 0 Å². The molecule has 2 unspecified atom stereocenters. The topological polar surface area (TPSA) is 0 Å². The van der Waals surface area contributed by atoms with Crippen molar-refractivity contribution in [2.45, 2.75) is 84.7 Å². The third kappa shape index (κ3) is 8.69. The second-order valence-electron chi connectivity index (χ2n) is 22.0. The number of allylic oxidation sites excluding steroid dienone is 2. The Balaban J connectivity index is 1.32. The van der Waals surface area contributed by atoms with Gasteiger partial charge in [0.25, 0.3) is 0 Å². The molecule has 0 nitrogen and oxygen atoms in total. The molecule has 68 heavy (non-hydrogen) atoms. The molecule has 0 aromatic heterocycles. The Morgan fingerprint density at radius 1 is 0.353 bits per heavy atom. The van der Waals surface area contributed by atoms with Gasteiger partial charge in [0.05, 0.1) is 0 Å². The molecule has 0 N–H and O–H groups in total. The Bertz CT molecular complexity index is 3140. The van der Waals surface area contributed by atoms with Crippen molar-refractivity contribution in [3.05, 3.63) is 247 Å². The minimum absolute atomic E-state index is 0.263. The first-order chi connectivity index (χ1) is 32.5. The average molecular weight is 979 g/mol. The number of fused-ring (bicyclic) bond motifs is 2. The number of aryl methyl sites for hydroxylation is 8. The number of rotatable bonds is 10. The minimum atomic E-state index is -4.48. The van der Waals surface area contributed by atoms with Gasteiger partial charge in [-0.25, -0.2) is 0 Å². The van der Waals surface area contributed by atoms with E-state index in [9.17, 15) is 0 Å². The predicted molar refractivity (Wildman–Crippen MR) is 295 cm³/mol. The Hall–Kier alpha value is -5.66. The van der Waals surface area contributed by atoms with Crippen molar-refractivity contribution >= 4 is 19.0 Å².